The Morgan fingerprint density at radius 2 is 2.28 bits per heavy atom. The standard InChI is InChI=1S/C13H14ClFN2S/c1-8(5-9-3-2-4-18-9)17-13-7-11(15)10(14)6-12(13)16/h2-4,6-8,17H,5,16H2,1H3. The Morgan fingerprint density at radius 3 is 2.94 bits per heavy atom. The molecule has 1 unspecified atom stereocenters. The largest absolute Gasteiger partial charge is 0.397 e. The lowest BCUT2D eigenvalue weighted by atomic mass is 10.2. The van der Waals surface area contributed by atoms with Crippen LogP contribution in [0.25, 0.3) is 0 Å². The van der Waals surface area contributed by atoms with Gasteiger partial charge in [-0.2, -0.15) is 0 Å². The molecule has 0 aliphatic carbocycles. The average molecular weight is 285 g/mol. The van der Waals surface area contributed by atoms with Crippen molar-refractivity contribution in [1.82, 2.24) is 0 Å². The van der Waals surface area contributed by atoms with E-state index in [0.29, 0.717) is 11.4 Å². The fraction of sp³-hybridized carbons (Fsp3) is 0.231. The summed E-state index contributed by atoms with van der Waals surface area (Å²) in [4.78, 5) is 1.28. The highest BCUT2D eigenvalue weighted by Gasteiger charge is 2.10. The second kappa shape index (κ2) is 5.59. The normalized spacial score (nSPS) is 12.4. The van der Waals surface area contributed by atoms with E-state index < -0.39 is 5.82 Å². The van der Waals surface area contributed by atoms with Gasteiger partial charge in [-0.05, 0) is 24.4 Å². The SMILES string of the molecule is CC(Cc1cccs1)Nc1cc(F)c(Cl)cc1N. The predicted molar refractivity (Wildman–Crippen MR) is 76.9 cm³/mol. The molecule has 0 aliphatic rings. The molecule has 0 spiro atoms. The molecule has 18 heavy (non-hydrogen) atoms. The molecule has 0 aliphatic heterocycles. The summed E-state index contributed by atoms with van der Waals surface area (Å²) < 4.78 is 13.4. The van der Waals surface area contributed by atoms with Gasteiger partial charge in [-0.15, -0.1) is 11.3 Å². The van der Waals surface area contributed by atoms with Crippen molar-refractivity contribution in [2.24, 2.45) is 0 Å². The van der Waals surface area contributed by atoms with Gasteiger partial charge in [0.25, 0.3) is 0 Å². The van der Waals surface area contributed by atoms with Gasteiger partial charge in [-0.1, -0.05) is 17.7 Å². The highest BCUT2D eigenvalue weighted by molar-refractivity contribution is 7.09. The Hall–Kier alpha value is -1.26. The second-order valence-corrected chi connectivity index (χ2v) is 5.62. The van der Waals surface area contributed by atoms with Crippen LogP contribution in [-0.4, -0.2) is 6.04 Å². The van der Waals surface area contributed by atoms with Gasteiger partial charge in [0.05, 0.1) is 16.4 Å². The number of thiophene rings is 1. The quantitative estimate of drug-likeness (QED) is 0.827. The number of rotatable bonds is 4. The van der Waals surface area contributed by atoms with E-state index in [2.05, 4.69) is 11.4 Å². The topological polar surface area (TPSA) is 38.0 Å². The van der Waals surface area contributed by atoms with Crippen molar-refractivity contribution in [3.8, 4) is 0 Å². The average Bonchev–Trinajstić information content (AvgIpc) is 2.78. The van der Waals surface area contributed by atoms with Crippen LogP contribution in [0.3, 0.4) is 0 Å². The third kappa shape index (κ3) is 3.15. The van der Waals surface area contributed by atoms with Crippen LogP contribution in [0.1, 0.15) is 11.8 Å². The molecule has 0 amide bonds. The predicted octanol–water partition coefficient (Wildman–Crippen LogP) is 4.17. The Balaban J connectivity index is 2.07. The molecule has 1 aromatic carbocycles. The maximum Gasteiger partial charge on any atom is 0.143 e. The van der Waals surface area contributed by atoms with Crippen molar-refractivity contribution in [3.63, 3.8) is 0 Å². The van der Waals surface area contributed by atoms with Crippen LogP contribution in [0.2, 0.25) is 5.02 Å². The lowest BCUT2D eigenvalue weighted by molar-refractivity contribution is 0.628. The van der Waals surface area contributed by atoms with Crippen molar-refractivity contribution in [3.05, 3.63) is 45.4 Å². The first kappa shape index (κ1) is 13.2. The molecule has 96 valence electrons. The third-order valence-corrected chi connectivity index (χ3v) is 3.77. The molecule has 2 nitrogen and oxygen atoms in total. The fourth-order valence-corrected chi connectivity index (χ4v) is 2.74. The van der Waals surface area contributed by atoms with Crippen molar-refractivity contribution in [2.75, 3.05) is 11.1 Å². The molecule has 0 saturated carbocycles. The molecule has 0 bridgehead atoms. The number of benzene rings is 1. The number of anilines is 2. The summed E-state index contributed by atoms with van der Waals surface area (Å²) in [6, 6.07) is 7.03. The first-order valence-corrected chi connectivity index (χ1v) is 6.85. The van der Waals surface area contributed by atoms with Crippen molar-refractivity contribution < 1.29 is 4.39 Å². The van der Waals surface area contributed by atoms with Gasteiger partial charge in [-0.25, -0.2) is 4.39 Å². The first-order valence-electron chi connectivity index (χ1n) is 5.59. The van der Waals surface area contributed by atoms with E-state index in [4.69, 9.17) is 17.3 Å². The Labute approximate surface area is 115 Å². The van der Waals surface area contributed by atoms with Crippen LogP contribution >= 0.6 is 22.9 Å². The minimum absolute atomic E-state index is 0.0453. The molecule has 1 aromatic heterocycles. The molecule has 1 heterocycles. The van der Waals surface area contributed by atoms with Crippen molar-refractivity contribution in [2.45, 2.75) is 19.4 Å². The highest BCUT2D eigenvalue weighted by Crippen LogP contribution is 2.27. The number of hydrogen-bond donors (Lipinski definition) is 2. The van der Waals surface area contributed by atoms with Crippen LogP contribution in [0, 0.1) is 5.82 Å². The summed E-state index contributed by atoms with van der Waals surface area (Å²) in [6.45, 7) is 2.03. The minimum Gasteiger partial charge on any atom is -0.397 e. The Kier molecular flexibility index (Phi) is 4.09. The first-order chi connectivity index (χ1) is 8.56. The summed E-state index contributed by atoms with van der Waals surface area (Å²) in [5.41, 5.74) is 6.84. The molecule has 0 saturated heterocycles. The maximum atomic E-state index is 13.4. The zero-order valence-corrected chi connectivity index (χ0v) is 11.5. The van der Waals surface area contributed by atoms with Crippen LogP contribution in [0.4, 0.5) is 15.8 Å². The molecule has 3 N–H and O–H groups in total. The summed E-state index contributed by atoms with van der Waals surface area (Å²) in [5, 5.41) is 5.28. The minimum atomic E-state index is -0.461. The summed E-state index contributed by atoms with van der Waals surface area (Å²) in [7, 11) is 0. The van der Waals surface area contributed by atoms with Gasteiger partial charge in [0, 0.05) is 23.4 Å². The van der Waals surface area contributed by atoms with Gasteiger partial charge < -0.3 is 11.1 Å². The van der Waals surface area contributed by atoms with E-state index in [1.54, 1.807) is 11.3 Å². The Bertz CT molecular complexity index is 528. The second-order valence-electron chi connectivity index (χ2n) is 4.18. The molecule has 0 fully saturated rings. The zero-order valence-electron chi connectivity index (χ0n) is 9.91. The lowest BCUT2D eigenvalue weighted by Gasteiger charge is -2.16. The molecule has 0 radical (unpaired) electrons. The third-order valence-electron chi connectivity index (χ3n) is 2.58. The monoisotopic (exact) mass is 284 g/mol. The van der Waals surface area contributed by atoms with E-state index in [-0.39, 0.29) is 11.1 Å². The van der Waals surface area contributed by atoms with Crippen LogP contribution in [-0.2, 0) is 6.42 Å². The molecular formula is C13H14ClFN2S. The Morgan fingerprint density at radius 1 is 1.50 bits per heavy atom. The lowest BCUT2D eigenvalue weighted by Crippen LogP contribution is -2.18. The van der Waals surface area contributed by atoms with Crippen LogP contribution in [0.5, 0.6) is 0 Å². The van der Waals surface area contributed by atoms with Gasteiger partial charge >= 0.3 is 0 Å². The number of hydrogen-bond acceptors (Lipinski definition) is 3. The number of nitrogens with one attached hydrogen (secondary N) is 1. The number of nitrogen functional groups attached to an aromatic ring is 1. The molecule has 1 atom stereocenters. The van der Waals surface area contributed by atoms with Crippen molar-refractivity contribution in [1.29, 1.82) is 0 Å². The van der Waals surface area contributed by atoms with Crippen LogP contribution < -0.4 is 11.1 Å². The summed E-state index contributed by atoms with van der Waals surface area (Å²) in [5.74, 6) is -0.461. The molecule has 2 aromatic rings. The molecule has 5 heteroatoms. The molecule has 2 rings (SSSR count). The van der Waals surface area contributed by atoms with Gasteiger partial charge in [0.1, 0.15) is 5.82 Å². The highest BCUT2D eigenvalue weighted by atomic mass is 35.5. The van der Waals surface area contributed by atoms with Gasteiger partial charge in [0.15, 0.2) is 0 Å². The fourth-order valence-electron chi connectivity index (χ4n) is 1.73. The number of nitrogens with two attached hydrogens (primary N) is 1. The number of halogens is 2. The van der Waals surface area contributed by atoms with Crippen LogP contribution in [0.15, 0.2) is 29.6 Å². The van der Waals surface area contributed by atoms with E-state index >= 15 is 0 Å². The zero-order chi connectivity index (χ0) is 13.1. The maximum absolute atomic E-state index is 13.4. The van der Waals surface area contributed by atoms with E-state index in [1.165, 1.54) is 17.0 Å². The van der Waals surface area contributed by atoms with Gasteiger partial charge in [-0.3, -0.25) is 0 Å². The van der Waals surface area contributed by atoms with E-state index in [1.807, 2.05) is 18.4 Å². The molecular weight excluding hydrogens is 271 g/mol. The van der Waals surface area contributed by atoms with Gasteiger partial charge in [0.2, 0.25) is 0 Å². The smallest absolute Gasteiger partial charge is 0.143 e. The van der Waals surface area contributed by atoms with E-state index in [9.17, 15) is 4.39 Å². The van der Waals surface area contributed by atoms with E-state index in [0.717, 1.165) is 6.42 Å². The summed E-state index contributed by atoms with van der Waals surface area (Å²) >= 11 is 7.36. The van der Waals surface area contributed by atoms with Crippen molar-refractivity contribution >= 4 is 34.3 Å². The summed E-state index contributed by atoms with van der Waals surface area (Å²) in [6.07, 6.45) is 0.876.